The molecule has 0 saturated carbocycles. The number of halogens is 3. The van der Waals surface area contributed by atoms with Crippen LogP contribution in [0, 0.1) is 6.92 Å². The van der Waals surface area contributed by atoms with E-state index in [-0.39, 0.29) is 5.56 Å². The average Bonchev–Trinajstić information content (AvgIpc) is 2.26. The summed E-state index contributed by atoms with van der Waals surface area (Å²) in [6.45, 7) is 8.26. The molecule has 2 nitrogen and oxygen atoms in total. The maximum Gasteiger partial charge on any atom is 0.416 e. The van der Waals surface area contributed by atoms with Crippen LogP contribution in [0.2, 0.25) is 0 Å². The van der Waals surface area contributed by atoms with Gasteiger partial charge in [-0.15, -0.1) is 0 Å². The normalized spacial score (nSPS) is 15.3. The van der Waals surface area contributed by atoms with Crippen molar-refractivity contribution in [1.82, 2.24) is 0 Å². The highest BCUT2D eigenvalue weighted by Crippen LogP contribution is 2.33. The lowest BCUT2D eigenvalue weighted by Crippen LogP contribution is -2.27. The van der Waals surface area contributed by atoms with Crippen LogP contribution in [0.5, 0.6) is 0 Å². The van der Waals surface area contributed by atoms with Crippen LogP contribution in [0.4, 0.5) is 13.2 Å². The first-order valence-corrected chi connectivity index (χ1v) is 7.19. The molecular weight excluding hydrogens is 287 g/mol. The molecule has 0 aliphatic heterocycles. The predicted molar refractivity (Wildman–Crippen MR) is 76.3 cm³/mol. The van der Waals surface area contributed by atoms with Gasteiger partial charge in [0.2, 0.25) is 0 Å². The van der Waals surface area contributed by atoms with Gasteiger partial charge in [-0.3, -0.25) is 0 Å². The minimum Gasteiger partial charge on any atom is -0.591 e. The summed E-state index contributed by atoms with van der Waals surface area (Å²) in [5, 5.41) is 0. The Labute approximate surface area is 120 Å². The summed E-state index contributed by atoms with van der Waals surface area (Å²) in [6.07, 6.45) is -4.40. The Bertz CT molecular complexity index is 518. The van der Waals surface area contributed by atoms with Gasteiger partial charge in [0, 0.05) is 5.56 Å². The van der Waals surface area contributed by atoms with Crippen molar-refractivity contribution in [1.29, 1.82) is 0 Å². The zero-order chi connectivity index (χ0) is 15.7. The summed E-state index contributed by atoms with van der Waals surface area (Å²) in [6, 6.07) is 3.93. The first kappa shape index (κ1) is 17.0. The van der Waals surface area contributed by atoms with Crippen LogP contribution in [-0.4, -0.2) is 15.0 Å². The van der Waals surface area contributed by atoms with E-state index in [4.69, 9.17) is 0 Å². The van der Waals surface area contributed by atoms with Gasteiger partial charge < -0.3 is 4.55 Å². The van der Waals surface area contributed by atoms with Gasteiger partial charge >= 0.3 is 6.18 Å². The first-order chi connectivity index (χ1) is 8.94. The zero-order valence-corrected chi connectivity index (χ0v) is 12.9. The molecule has 0 aromatic heterocycles. The maximum absolute atomic E-state index is 12.8. The fraction of sp³-hybridized carbons (Fsp3) is 0.500. The van der Waals surface area contributed by atoms with Gasteiger partial charge in [0.15, 0.2) is 0 Å². The lowest BCUT2D eigenvalue weighted by molar-refractivity contribution is -0.138. The van der Waals surface area contributed by atoms with Crippen molar-refractivity contribution < 1.29 is 17.7 Å². The lowest BCUT2D eigenvalue weighted by Gasteiger charge is -2.19. The third kappa shape index (κ3) is 3.99. The Morgan fingerprint density at radius 1 is 1.20 bits per heavy atom. The van der Waals surface area contributed by atoms with Gasteiger partial charge in [0.05, 0.1) is 11.3 Å². The van der Waals surface area contributed by atoms with Crippen LogP contribution in [0.1, 0.15) is 44.4 Å². The fourth-order valence-electron chi connectivity index (χ4n) is 1.65. The molecule has 1 rings (SSSR count). The Morgan fingerprint density at radius 2 is 1.75 bits per heavy atom. The molecule has 0 aliphatic carbocycles. The second kappa shape index (κ2) is 5.77. The maximum atomic E-state index is 12.8. The molecule has 0 spiro atoms. The molecule has 0 N–H and O–H groups in total. The van der Waals surface area contributed by atoms with Crippen LogP contribution in [0.15, 0.2) is 22.6 Å². The SMILES string of the molecule is C/C(=N/[S+]([O-])C(C)(C)C)c1cccc(C(F)(F)F)c1C. The highest BCUT2D eigenvalue weighted by atomic mass is 32.2. The summed E-state index contributed by atoms with van der Waals surface area (Å²) in [5.74, 6) is 0. The molecule has 0 heterocycles. The van der Waals surface area contributed by atoms with Crippen LogP contribution >= 0.6 is 0 Å². The summed E-state index contributed by atoms with van der Waals surface area (Å²) in [7, 11) is 0. The molecular formula is C14H18F3NOS. The van der Waals surface area contributed by atoms with Crippen molar-refractivity contribution in [3.05, 3.63) is 34.9 Å². The largest absolute Gasteiger partial charge is 0.591 e. The van der Waals surface area contributed by atoms with Crippen LogP contribution in [0.25, 0.3) is 0 Å². The van der Waals surface area contributed by atoms with E-state index in [0.717, 1.165) is 6.07 Å². The first-order valence-electron chi connectivity index (χ1n) is 6.09. The highest BCUT2D eigenvalue weighted by molar-refractivity contribution is 7.91. The number of benzene rings is 1. The van der Waals surface area contributed by atoms with E-state index in [2.05, 4.69) is 4.40 Å². The standard InChI is InChI=1S/C14H18F3NOS/c1-9-11(7-6-8-12(9)14(15,16)17)10(2)18-20(19)13(3,4)5/h6-8H,1-5H3/b18-10-. The molecule has 1 aromatic carbocycles. The second-order valence-corrected chi connectivity index (χ2v) is 7.42. The number of rotatable bonds is 2. The Kier molecular flexibility index (Phi) is 4.92. The minimum atomic E-state index is -4.40. The van der Waals surface area contributed by atoms with E-state index >= 15 is 0 Å². The predicted octanol–water partition coefficient (Wildman–Crippen LogP) is 4.29. The smallest absolute Gasteiger partial charge is 0.416 e. The number of alkyl halides is 3. The van der Waals surface area contributed by atoms with E-state index in [1.165, 1.54) is 13.0 Å². The monoisotopic (exact) mass is 305 g/mol. The summed E-state index contributed by atoms with van der Waals surface area (Å²) in [5.41, 5.74) is 0.137. The second-order valence-electron chi connectivity index (χ2n) is 5.51. The molecule has 0 saturated heterocycles. The van der Waals surface area contributed by atoms with Crippen molar-refractivity contribution in [3.8, 4) is 0 Å². The summed E-state index contributed by atoms with van der Waals surface area (Å²) < 4.78 is 54.0. The molecule has 1 aromatic rings. The number of hydrogen-bond donors (Lipinski definition) is 0. The molecule has 0 aliphatic rings. The Morgan fingerprint density at radius 3 is 2.20 bits per heavy atom. The molecule has 0 fully saturated rings. The van der Waals surface area contributed by atoms with E-state index < -0.39 is 27.8 Å². The molecule has 1 atom stereocenters. The minimum absolute atomic E-state index is 0.104. The van der Waals surface area contributed by atoms with Gasteiger partial charge in [-0.05, 0) is 46.2 Å². The molecule has 0 bridgehead atoms. The van der Waals surface area contributed by atoms with Crippen molar-refractivity contribution in [2.45, 2.75) is 45.5 Å². The van der Waals surface area contributed by atoms with Crippen molar-refractivity contribution in [3.63, 3.8) is 0 Å². The van der Waals surface area contributed by atoms with E-state index in [1.807, 2.05) is 0 Å². The molecule has 112 valence electrons. The third-order valence-electron chi connectivity index (χ3n) is 2.77. The van der Waals surface area contributed by atoms with Crippen LogP contribution < -0.4 is 0 Å². The lowest BCUT2D eigenvalue weighted by atomic mass is 9.99. The van der Waals surface area contributed by atoms with Gasteiger partial charge in [-0.1, -0.05) is 16.5 Å². The van der Waals surface area contributed by atoms with Crippen LogP contribution in [0.3, 0.4) is 0 Å². The van der Waals surface area contributed by atoms with Crippen molar-refractivity contribution >= 4 is 17.1 Å². The van der Waals surface area contributed by atoms with Gasteiger partial charge in [0.1, 0.15) is 16.1 Å². The van der Waals surface area contributed by atoms with Gasteiger partial charge in [-0.2, -0.15) is 13.2 Å². The molecule has 0 radical (unpaired) electrons. The summed E-state index contributed by atoms with van der Waals surface area (Å²) in [4.78, 5) is 0. The summed E-state index contributed by atoms with van der Waals surface area (Å²) >= 11 is -1.50. The zero-order valence-electron chi connectivity index (χ0n) is 12.1. The van der Waals surface area contributed by atoms with Crippen molar-refractivity contribution in [2.75, 3.05) is 0 Å². The van der Waals surface area contributed by atoms with E-state index in [9.17, 15) is 17.7 Å². The number of nitrogens with zero attached hydrogens (tertiary/aromatic N) is 1. The van der Waals surface area contributed by atoms with E-state index in [1.54, 1.807) is 33.8 Å². The molecule has 20 heavy (non-hydrogen) atoms. The average molecular weight is 305 g/mol. The van der Waals surface area contributed by atoms with Gasteiger partial charge in [-0.25, -0.2) is 0 Å². The molecule has 0 amide bonds. The molecule has 1 unspecified atom stereocenters. The van der Waals surface area contributed by atoms with Gasteiger partial charge in [0.25, 0.3) is 0 Å². The fourth-order valence-corrected chi connectivity index (χ4v) is 2.27. The third-order valence-corrected chi connectivity index (χ3v) is 4.26. The number of hydrogen-bond acceptors (Lipinski definition) is 2. The quantitative estimate of drug-likeness (QED) is 0.593. The Hall–Kier alpha value is -1.01. The highest BCUT2D eigenvalue weighted by Gasteiger charge is 2.33. The molecule has 6 heteroatoms. The van der Waals surface area contributed by atoms with E-state index in [0.29, 0.717) is 11.3 Å². The van der Waals surface area contributed by atoms with Crippen LogP contribution in [-0.2, 0) is 17.5 Å². The van der Waals surface area contributed by atoms with Crippen molar-refractivity contribution in [2.24, 2.45) is 4.40 Å². The Balaban J connectivity index is 3.25. The topological polar surface area (TPSA) is 35.4 Å².